The summed E-state index contributed by atoms with van der Waals surface area (Å²) in [6.07, 6.45) is 1.12. The minimum atomic E-state index is -0.461. The van der Waals surface area contributed by atoms with E-state index in [1.165, 1.54) is 0 Å². The molecule has 0 aliphatic rings. The van der Waals surface area contributed by atoms with Gasteiger partial charge in [-0.1, -0.05) is 11.2 Å². The second-order valence-electron chi connectivity index (χ2n) is 3.97. The number of aromatic nitrogens is 1. The fourth-order valence-corrected chi connectivity index (χ4v) is 1.56. The van der Waals surface area contributed by atoms with Gasteiger partial charge in [0.2, 0.25) is 0 Å². The molecule has 17 heavy (non-hydrogen) atoms. The molecule has 0 unspecified atom stereocenters. The highest BCUT2D eigenvalue weighted by Gasteiger charge is 2.06. The number of aliphatic hydroxyl groups excluding tert-OH is 1. The van der Waals surface area contributed by atoms with Crippen LogP contribution in [-0.4, -0.2) is 10.3 Å². The number of hydrogen-bond donors (Lipinski definition) is 1. The van der Waals surface area contributed by atoms with Crippen LogP contribution in [0.2, 0.25) is 0 Å². The Morgan fingerprint density at radius 1 is 1.41 bits per heavy atom. The van der Waals surface area contributed by atoms with Gasteiger partial charge < -0.3 is 14.4 Å². The van der Waals surface area contributed by atoms with Crippen molar-refractivity contribution in [2.24, 2.45) is 0 Å². The maximum atomic E-state index is 9.46. The Labute approximate surface area is 99.8 Å². The van der Waals surface area contributed by atoms with E-state index in [1.54, 1.807) is 19.2 Å². The van der Waals surface area contributed by atoms with Gasteiger partial charge in [0.15, 0.2) is 5.76 Å². The van der Waals surface area contributed by atoms with Gasteiger partial charge in [0.05, 0.1) is 12.3 Å². The van der Waals surface area contributed by atoms with Gasteiger partial charge in [0, 0.05) is 6.07 Å². The summed E-state index contributed by atoms with van der Waals surface area (Å²) in [5, 5.41) is 13.1. The molecule has 1 aromatic carbocycles. The van der Waals surface area contributed by atoms with Crippen LogP contribution in [0.25, 0.3) is 0 Å². The van der Waals surface area contributed by atoms with Gasteiger partial charge in [-0.2, -0.15) is 0 Å². The van der Waals surface area contributed by atoms with Crippen LogP contribution in [0.5, 0.6) is 5.75 Å². The normalized spacial score (nSPS) is 12.4. The van der Waals surface area contributed by atoms with Gasteiger partial charge in [0.1, 0.15) is 12.4 Å². The quantitative estimate of drug-likeness (QED) is 0.881. The standard InChI is InChI=1S/C13H15NO3/c1-9-7-11(10(2)15)3-4-13(9)16-8-12-5-6-14-17-12/h3-7,10,15H,8H2,1-2H3/t10-/m1/s1. The summed E-state index contributed by atoms with van der Waals surface area (Å²) >= 11 is 0. The van der Waals surface area contributed by atoms with Crippen LogP contribution >= 0.6 is 0 Å². The van der Waals surface area contributed by atoms with Crippen LogP contribution < -0.4 is 4.74 Å². The zero-order valence-corrected chi connectivity index (χ0v) is 9.88. The molecule has 2 rings (SSSR count). The predicted octanol–water partition coefficient (Wildman–Crippen LogP) is 2.62. The molecule has 0 saturated heterocycles. The van der Waals surface area contributed by atoms with Gasteiger partial charge in [-0.3, -0.25) is 0 Å². The van der Waals surface area contributed by atoms with Gasteiger partial charge in [-0.25, -0.2) is 0 Å². The van der Waals surface area contributed by atoms with E-state index < -0.39 is 6.10 Å². The first-order chi connectivity index (χ1) is 8.16. The van der Waals surface area contributed by atoms with Gasteiger partial charge in [0.25, 0.3) is 0 Å². The average molecular weight is 233 g/mol. The third-order valence-electron chi connectivity index (χ3n) is 2.54. The lowest BCUT2D eigenvalue weighted by molar-refractivity contribution is 0.199. The van der Waals surface area contributed by atoms with Crippen molar-refractivity contribution >= 4 is 0 Å². The molecule has 1 aromatic heterocycles. The molecule has 0 radical (unpaired) electrons. The van der Waals surface area contributed by atoms with Crippen LogP contribution in [0, 0.1) is 6.92 Å². The molecule has 0 fully saturated rings. The zero-order chi connectivity index (χ0) is 12.3. The maximum absolute atomic E-state index is 9.46. The minimum absolute atomic E-state index is 0.356. The van der Waals surface area contributed by atoms with Crippen LogP contribution in [-0.2, 0) is 6.61 Å². The lowest BCUT2D eigenvalue weighted by Crippen LogP contribution is -1.98. The molecular formula is C13H15NO3. The molecule has 0 bridgehead atoms. The molecule has 4 heteroatoms. The number of nitrogens with zero attached hydrogens (tertiary/aromatic N) is 1. The lowest BCUT2D eigenvalue weighted by atomic mass is 10.1. The Morgan fingerprint density at radius 3 is 2.82 bits per heavy atom. The van der Waals surface area contributed by atoms with E-state index >= 15 is 0 Å². The summed E-state index contributed by atoms with van der Waals surface area (Å²) in [5.74, 6) is 1.47. The maximum Gasteiger partial charge on any atom is 0.174 e. The largest absolute Gasteiger partial charge is 0.485 e. The summed E-state index contributed by atoms with van der Waals surface area (Å²) in [5.41, 5.74) is 1.87. The van der Waals surface area contributed by atoms with E-state index in [-0.39, 0.29) is 0 Å². The molecule has 0 aliphatic carbocycles. The first kappa shape index (κ1) is 11.7. The van der Waals surface area contributed by atoms with Crippen molar-refractivity contribution in [3.05, 3.63) is 47.3 Å². The zero-order valence-electron chi connectivity index (χ0n) is 9.88. The molecule has 0 aliphatic heterocycles. The van der Waals surface area contributed by atoms with Crippen molar-refractivity contribution in [1.29, 1.82) is 0 Å². The summed E-state index contributed by atoms with van der Waals surface area (Å²) in [7, 11) is 0. The van der Waals surface area contributed by atoms with Crippen molar-refractivity contribution < 1.29 is 14.4 Å². The van der Waals surface area contributed by atoms with Crippen molar-refractivity contribution in [2.45, 2.75) is 26.6 Å². The molecular weight excluding hydrogens is 218 g/mol. The molecule has 4 nitrogen and oxygen atoms in total. The number of hydrogen-bond acceptors (Lipinski definition) is 4. The average Bonchev–Trinajstić information content (AvgIpc) is 2.80. The molecule has 1 heterocycles. The highest BCUT2D eigenvalue weighted by atomic mass is 16.5. The molecule has 0 amide bonds. The fourth-order valence-electron chi connectivity index (χ4n) is 1.56. The number of ether oxygens (including phenoxy) is 1. The second-order valence-corrected chi connectivity index (χ2v) is 3.97. The van der Waals surface area contributed by atoms with Crippen molar-refractivity contribution in [3.63, 3.8) is 0 Å². The molecule has 90 valence electrons. The van der Waals surface area contributed by atoms with E-state index in [9.17, 15) is 5.11 Å². The van der Waals surface area contributed by atoms with Gasteiger partial charge in [-0.05, 0) is 37.1 Å². The van der Waals surface area contributed by atoms with Gasteiger partial charge >= 0.3 is 0 Å². The van der Waals surface area contributed by atoms with Crippen LogP contribution in [0.4, 0.5) is 0 Å². The van der Waals surface area contributed by atoms with E-state index in [2.05, 4.69) is 5.16 Å². The molecule has 2 aromatic rings. The topological polar surface area (TPSA) is 55.5 Å². The van der Waals surface area contributed by atoms with E-state index in [0.717, 1.165) is 16.9 Å². The molecule has 1 atom stereocenters. The first-order valence-electron chi connectivity index (χ1n) is 5.48. The van der Waals surface area contributed by atoms with Crippen molar-refractivity contribution in [2.75, 3.05) is 0 Å². The van der Waals surface area contributed by atoms with Crippen molar-refractivity contribution in [1.82, 2.24) is 5.16 Å². The predicted molar refractivity (Wildman–Crippen MR) is 62.6 cm³/mol. The SMILES string of the molecule is Cc1cc([C@@H](C)O)ccc1OCc1ccno1. The summed E-state index contributed by atoms with van der Waals surface area (Å²) in [4.78, 5) is 0. The van der Waals surface area contributed by atoms with E-state index in [0.29, 0.717) is 12.4 Å². The van der Waals surface area contributed by atoms with Crippen LogP contribution in [0.15, 0.2) is 35.0 Å². The highest BCUT2D eigenvalue weighted by molar-refractivity contribution is 5.36. The smallest absolute Gasteiger partial charge is 0.174 e. The summed E-state index contributed by atoms with van der Waals surface area (Å²) in [6.45, 7) is 4.04. The monoisotopic (exact) mass is 233 g/mol. The number of benzene rings is 1. The number of aryl methyl sites for hydroxylation is 1. The van der Waals surface area contributed by atoms with Gasteiger partial charge in [-0.15, -0.1) is 0 Å². The molecule has 0 spiro atoms. The fraction of sp³-hybridized carbons (Fsp3) is 0.308. The summed E-state index contributed by atoms with van der Waals surface area (Å²) in [6, 6.07) is 7.39. The number of rotatable bonds is 4. The second kappa shape index (κ2) is 5.01. The Morgan fingerprint density at radius 2 is 2.24 bits per heavy atom. The van der Waals surface area contributed by atoms with E-state index in [1.807, 2.05) is 25.1 Å². The first-order valence-corrected chi connectivity index (χ1v) is 5.48. The minimum Gasteiger partial charge on any atom is -0.485 e. The van der Waals surface area contributed by atoms with Crippen LogP contribution in [0.1, 0.15) is 29.9 Å². The third-order valence-corrected chi connectivity index (χ3v) is 2.54. The Bertz CT molecular complexity index is 477. The Hall–Kier alpha value is -1.81. The number of aliphatic hydroxyl groups is 1. The lowest BCUT2D eigenvalue weighted by Gasteiger charge is -2.10. The Kier molecular flexibility index (Phi) is 3.44. The van der Waals surface area contributed by atoms with Crippen LogP contribution in [0.3, 0.4) is 0 Å². The molecule has 1 N–H and O–H groups in total. The highest BCUT2D eigenvalue weighted by Crippen LogP contribution is 2.23. The Balaban J connectivity index is 2.06. The summed E-state index contributed by atoms with van der Waals surface area (Å²) < 4.78 is 10.5. The third kappa shape index (κ3) is 2.85. The van der Waals surface area contributed by atoms with E-state index in [4.69, 9.17) is 9.26 Å². The van der Waals surface area contributed by atoms with Crippen molar-refractivity contribution in [3.8, 4) is 5.75 Å². The molecule has 0 saturated carbocycles.